The largest absolute Gasteiger partial charge is 0.472 e. The van der Waals surface area contributed by atoms with Gasteiger partial charge in [-0.1, -0.05) is 13.8 Å². The second kappa shape index (κ2) is 5.51. The average molecular weight is 223 g/mol. The molecular formula is C13H21NO2. The number of rotatable bonds is 4. The molecule has 0 radical (unpaired) electrons. The number of hydrogen-bond donors (Lipinski definition) is 1. The van der Waals surface area contributed by atoms with Crippen molar-refractivity contribution in [3.8, 4) is 0 Å². The highest BCUT2D eigenvalue weighted by Crippen LogP contribution is 2.28. The third kappa shape index (κ3) is 2.86. The first kappa shape index (κ1) is 11.7. The lowest BCUT2D eigenvalue weighted by molar-refractivity contribution is 0.00771. The van der Waals surface area contributed by atoms with Gasteiger partial charge < -0.3 is 14.5 Å². The van der Waals surface area contributed by atoms with Crippen LogP contribution in [0.25, 0.3) is 0 Å². The smallest absolute Gasteiger partial charge is 0.0938 e. The van der Waals surface area contributed by atoms with Gasteiger partial charge in [0.2, 0.25) is 0 Å². The van der Waals surface area contributed by atoms with Crippen LogP contribution in [-0.2, 0) is 4.74 Å². The summed E-state index contributed by atoms with van der Waals surface area (Å²) in [5.41, 5.74) is 1.27. The van der Waals surface area contributed by atoms with Crippen LogP contribution < -0.4 is 5.32 Å². The van der Waals surface area contributed by atoms with E-state index in [4.69, 9.17) is 9.15 Å². The molecule has 90 valence electrons. The highest BCUT2D eigenvalue weighted by Gasteiger charge is 2.27. The topological polar surface area (TPSA) is 34.4 Å². The van der Waals surface area contributed by atoms with Gasteiger partial charge in [0.15, 0.2) is 0 Å². The van der Waals surface area contributed by atoms with Crippen molar-refractivity contribution in [2.45, 2.75) is 32.3 Å². The lowest BCUT2D eigenvalue weighted by Gasteiger charge is -2.32. The van der Waals surface area contributed by atoms with E-state index in [1.54, 1.807) is 6.26 Å². The molecule has 3 nitrogen and oxygen atoms in total. The van der Waals surface area contributed by atoms with E-state index in [-0.39, 0.29) is 6.10 Å². The van der Waals surface area contributed by atoms with Crippen molar-refractivity contribution in [2.24, 2.45) is 5.92 Å². The van der Waals surface area contributed by atoms with Crippen LogP contribution in [0.4, 0.5) is 0 Å². The lowest BCUT2D eigenvalue weighted by atomic mass is 9.89. The number of furan rings is 1. The van der Waals surface area contributed by atoms with Crippen molar-refractivity contribution in [3.05, 3.63) is 24.2 Å². The molecule has 2 atom stereocenters. The molecule has 1 aliphatic rings. The first-order chi connectivity index (χ1) is 7.77. The fraction of sp³-hybridized carbons (Fsp3) is 0.692. The fourth-order valence-corrected chi connectivity index (χ4v) is 2.19. The average Bonchev–Trinajstić information content (AvgIpc) is 2.80. The molecule has 0 aliphatic carbocycles. The zero-order valence-electron chi connectivity index (χ0n) is 10.1. The molecule has 0 bridgehead atoms. The maximum atomic E-state index is 5.98. The first-order valence-corrected chi connectivity index (χ1v) is 6.12. The standard InChI is InChI=1S/C13H21NO2/c1-10(2)8-16-13-7-14-5-3-12(13)11-4-6-15-9-11/h4,6,9-10,12-14H,3,5,7-8H2,1-2H3/t12-,13+/m0/s1. The Balaban J connectivity index is 1.97. The van der Waals surface area contributed by atoms with E-state index in [1.807, 2.05) is 6.26 Å². The third-order valence-electron chi connectivity index (χ3n) is 3.04. The summed E-state index contributed by atoms with van der Waals surface area (Å²) >= 11 is 0. The summed E-state index contributed by atoms with van der Waals surface area (Å²) in [6.07, 6.45) is 5.01. The Labute approximate surface area is 97.2 Å². The van der Waals surface area contributed by atoms with Crippen LogP contribution in [0.1, 0.15) is 31.7 Å². The molecule has 0 unspecified atom stereocenters. The lowest BCUT2D eigenvalue weighted by Crippen LogP contribution is -2.41. The summed E-state index contributed by atoms with van der Waals surface area (Å²) in [6, 6.07) is 2.06. The molecule has 1 fully saturated rings. The molecule has 1 aliphatic heterocycles. The molecule has 1 N–H and O–H groups in total. The van der Waals surface area contributed by atoms with Gasteiger partial charge in [-0.05, 0) is 30.5 Å². The molecule has 16 heavy (non-hydrogen) atoms. The predicted molar refractivity (Wildman–Crippen MR) is 63.5 cm³/mol. The second-order valence-electron chi connectivity index (χ2n) is 4.92. The van der Waals surface area contributed by atoms with E-state index in [0.717, 1.165) is 26.1 Å². The van der Waals surface area contributed by atoms with Gasteiger partial charge in [0.1, 0.15) is 0 Å². The minimum Gasteiger partial charge on any atom is -0.472 e. The molecule has 0 amide bonds. The van der Waals surface area contributed by atoms with Crippen molar-refractivity contribution in [3.63, 3.8) is 0 Å². The van der Waals surface area contributed by atoms with Crippen LogP contribution >= 0.6 is 0 Å². The van der Waals surface area contributed by atoms with Crippen LogP contribution in [-0.4, -0.2) is 25.8 Å². The van der Waals surface area contributed by atoms with Crippen molar-refractivity contribution in [2.75, 3.05) is 19.7 Å². The minimum atomic E-state index is 0.286. The Morgan fingerprint density at radius 2 is 2.44 bits per heavy atom. The van der Waals surface area contributed by atoms with Gasteiger partial charge in [0.05, 0.1) is 18.6 Å². The maximum absolute atomic E-state index is 5.98. The SMILES string of the molecule is CC(C)CO[C@@H]1CNCC[C@H]1c1ccoc1. The molecule has 1 aromatic rings. The first-order valence-electron chi connectivity index (χ1n) is 6.12. The van der Waals surface area contributed by atoms with E-state index in [2.05, 4.69) is 25.2 Å². The molecule has 3 heteroatoms. The number of nitrogens with one attached hydrogen (secondary N) is 1. The van der Waals surface area contributed by atoms with E-state index in [1.165, 1.54) is 5.56 Å². The summed E-state index contributed by atoms with van der Waals surface area (Å²) in [5, 5.41) is 3.39. The molecule has 1 aromatic heterocycles. The van der Waals surface area contributed by atoms with Crippen LogP contribution in [0, 0.1) is 5.92 Å². The Bertz CT molecular complexity index is 295. The molecule has 0 aromatic carbocycles. The second-order valence-corrected chi connectivity index (χ2v) is 4.92. The normalized spacial score (nSPS) is 26.2. The Hall–Kier alpha value is -0.800. The van der Waals surface area contributed by atoms with E-state index in [9.17, 15) is 0 Å². The number of piperidine rings is 1. The highest BCUT2D eigenvalue weighted by atomic mass is 16.5. The van der Waals surface area contributed by atoms with Crippen molar-refractivity contribution in [1.29, 1.82) is 0 Å². The summed E-state index contributed by atoms with van der Waals surface area (Å²) < 4.78 is 11.1. The van der Waals surface area contributed by atoms with Crippen molar-refractivity contribution in [1.82, 2.24) is 5.32 Å². The molecule has 2 heterocycles. The minimum absolute atomic E-state index is 0.286. The third-order valence-corrected chi connectivity index (χ3v) is 3.04. The number of ether oxygens (including phenoxy) is 1. The Morgan fingerprint density at radius 1 is 1.56 bits per heavy atom. The van der Waals surface area contributed by atoms with Crippen LogP contribution in [0.2, 0.25) is 0 Å². The van der Waals surface area contributed by atoms with Gasteiger partial charge in [-0.25, -0.2) is 0 Å². The molecule has 0 saturated carbocycles. The molecular weight excluding hydrogens is 202 g/mol. The van der Waals surface area contributed by atoms with Gasteiger partial charge in [0, 0.05) is 19.1 Å². The summed E-state index contributed by atoms with van der Waals surface area (Å²) in [6.45, 7) is 7.22. The van der Waals surface area contributed by atoms with Gasteiger partial charge in [-0.2, -0.15) is 0 Å². The maximum Gasteiger partial charge on any atom is 0.0938 e. The Morgan fingerprint density at radius 3 is 3.12 bits per heavy atom. The summed E-state index contributed by atoms with van der Waals surface area (Å²) in [4.78, 5) is 0. The van der Waals surface area contributed by atoms with Crippen LogP contribution in [0.5, 0.6) is 0 Å². The highest BCUT2D eigenvalue weighted by molar-refractivity contribution is 5.15. The van der Waals surface area contributed by atoms with E-state index < -0.39 is 0 Å². The quantitative estimate of drug-likeness (QED) is 0.851. The van der Waals surface area contributed by atoms with Gasteiger partial charge in [-0.3, -0.25) is 0 Å². The van der Waals surface area contributed by atoms with Gasteiger partial charge in [0.25, 0.3) is 0 Å². The van der Waals surface area contributed by atoms with Crippen LogP contribution in [0.3, 0.4) is 0 Å². The molecule has 2 rings (SSSR count). The fourth-order valence-electron chi connectivity index (χ4n) is 2.19. The van der Waals surface area contributed by atoms with Gasteiger partial charge in [-0.15, -0.1) is 0 Å². The summed E-state index contributed by atoms with van der Waals surface area (Å²) in [7, 11) is 0. The number of hydrogen-bond acceptors (Lipinski definition) is 3. The molecule has 0 spiro atoms. The predicted octanol–water partition coefficient (Wildman–Crippen LogP) is 2.40. The zero-order valence-corrected chi connectivity index (χ0v) is 10.1. The monoisotopic (exact) mass is 223 g/mol. The van der Waals surface area contributed by atoms with Crippen molar-refractivity contribution < 1.29 is 9.15 Å². The summed E-state index contributed by atoms with van der Waals surface area (Å²) in [5.74, 6) is 1.07. The van der Waals surface area contributed by atoms with Crippen molar-refractivity contribution >= 4 is 0 Å². The van der Waals surface area contributed by atoms with E-state index >= 15 is 0 Å². The van der Waals surface area contributed by atoms with E-state index in [0.29, 0.717) is 11.8 Å². The Kier molecular flexibility index (Phi) is 4.02. The molecule has 1 saturated heterocycles. The zero-order chi connectivity index (χ0) is 11.4. The van der Waals surface area contributed by atoms with Gasteiger partial charge >= 0.3 is 0 Å². The van der Waals surface area contributed by atoms with Crippen LogP contribution in [0.15, 0.2) is 23.0 Å².